The highest BCUT2D eigenvalue weighted by Gasteiger charge is 2.13. The molecule has 0 atom stereocenters. The summed E-state index contributed by atoms with van der Waals surface area (Å²) >= 11 is 0. The quantitative estimate of drug-likeness (QED) is 0.884. The third-order valence-corrected chi connectivity index (χ3v) is 2.55. The van der Waals surface area contributed by atoms with Crippen LogP contribution in [0.15, 0.2) is 42.7 Å². The van der Waals surface area contributed by atoms with Crippen molar-refractivity contribution in [3.8, 4) is 6.07 Å². The molecule has 1 aromatic carbocycles. The SMILES string of the molecule is N#Cc1cccc(C(=O)Nc2cnccc2C(=O)O)c1. The Balaban J connectivity index is 2.28. The van der Waals surface area contributed by atoms with E-state index in [1.54, 1.807) is 12.1 Å². The second-order valence-electron chi connectivity index (χ2n) is 3.87. The Morgan fingerprint density at radius 3 is 2.80 bits per heavy atom. The molecule has 2 N–H and O–H groups in total. The van der Waals surface area contributed by atoms with Crippen molar-refractivity contribution < 1.29 is 14.7 Å². The molecule has 0 unspecified atom stereocenters. The Morgan fingerprint density at radius 1 is 1.30 bits per heavy atom. The fourth-order valence-corrected chi connectivity index (χ4v) is 1.61. The van der Waals surface area contributed by atoms with Gasteiger partial charge in [-0.3, -0.25) is 9.78 Å². The normalized spacial score (nSPS) is 9.55. The van der Waals surface area contributed by atoms with Gasteiger partial charge in [0, 0.05) is 11.8 Å². The first-order valence-electron chi connectivity index (χ1n) is 5.60. The number of carboxylic acids is 1. The number of benzene rings is 1. The predicted molar refractivity (Wildman–Crippen MR) is 70.3 cm³/mol. The first kappa shape index (κ1) is 13.2. The summed E-state index contributed by atoms with van der Waals surface area (Å²) in [7, 11) is 0. The lowest BCUT2D eigenvalue weighted by Crippen LogP contribution is -2.15. The molecule has 20 heavy (non-hydrogen) atoms. The zero-order chi connectivity index (χ0) is 14.5. The third kappa shape index (κ3) is 2.79. The van der Waals surface area contributed by atoms with E-state index in [1.165, 1.54) is 30.6 Å². The van der Waals surface area contributed by atoms with Gasteiger partial charge in [0.15, 0.2) is 0 Å². The summed E-state index contributed by atoms with van der Waals surface area (Å²) in [5.41, 5.74) is 0.670. The van der Waals surface area contributed by atoms with Crippen LogP contribution in [-0.2, 0) is 0 Å². The maximum atomic E-state index is 12.0. The van der Waals surface area contributed by atoms with Crippen molar-refractivity contribution in [1.82, 2.24) is 4.98 Å². The molecule has 98 valence electrons. The molecule has 1 aromatic heterocycles. The van der Waals surface area contributed by atoms with Gasteiger partial charge in [-0.2, -0.15) is 5.26 Å². The summed E-state index contributed by atoms with van der Waals surface area (Å²) in [6.45, 7) is 0. The van der Waals surface area contributed by atoms with Crippen LogP contribution in [0.2, 0.25) is 0 Å². The number of pyridine rings is 1. The van der Waals surface area contributed by atoms with Crippen molar-refractivity contribution in [2.75, 3.05) is 5.32 Å². The van der Waals surface area contributed by atoms with E-state index in [0.29, 0.717) is 5.56 Å². The number of rotatable bonds is 3. The minimum absolute atomic E-state index is 0.0511. The molecule has 0 radical (unpaired) electrons. The molecule has 0 fully saturated rings. The van der Waals surface area contributed by atoms with Crippen LogP contribution in [0.4, 0.5) is 5.69 Å². The van der Waals surface area contributed by atoms with Crippen LogP contribution in [0.3, 0.4) is 0 Å². The van der Waals surface area contributed by atoms with Crippen LogP contribution in [0.1, 0.15) is 26.3 Å². The number of nitrogens with zero attached hydrogens (tertiary/aromatic N) is 2. The zero-order valence-corrected chi connectivity index (χ0v) is 10.2. The van der Waals surface area contributed by atoms with E-state index >= 15 is 0 Å². The number of amides is 1. The Morgan fingerprint density at radius 2 is 2.10 bits per heavy atom. The van der Waals surface area contributed by atoms with Crippen LogP contribution in [-0.4, -0.2) is 22.0 Å². The van der Waals surface area contributed by atoms with Crippen molar-refractivity contribution in [2.24, 2.45) is 0 Å². The van der Waals surface area contributed by atoms with Crippen molar-refractivity contribution in [3.05, 3.63) is 59.4 Å². The molecule has 0 saturated heterocycles. The largest absolute Gasteiger partial charge is 0.478 e. The summed E-state index contributed by atoms with van der Waals surface area (Å²) in [5.74, 6) is -1.66. The van der Waals surface area contributed by atoms with E-state index in [2.05, 4.69) is 10.3 Å². The molecule has 2 rings (SSSR count). The first-order chi connectivity index (χ1) is 9.61. The van der Waals surface area contributed by atoms with Gasteiger partial charge in [0.1, 0.15) is 0 Å². The highest BCUT2D eigenvalue weighted by Crippen LogP contribution is 2.15. The van der Waals surface area contributed by atoms with E-state index in [0.717, 1.165) is 0 Å². The Hall–Kier alpha value is -3.20. The van der Waals surface area contributed by atoms with Gasteiger partial charge in [0.25, 0.3) is 5.91 Å². The average Bonchev–Trinajstić information content (AvgIpc) is 2.47. The Labute approximate surface area is 114 Å². The number of aromatic nitrogens is 1. The summed E-state index contributed by atoms with van der Waals surface area (Å²) in [6.07, 6.45) is 2.59. The standard InChI is InChI=1S/C14H9N3O3/c15-7-9-2-1-3-10(6-9)13(18)17-12-8-16-5-4-11(12)14(19)20/h1-6,8H,(H,17,18)(H,19,20). The number of aromatic carboxylic acids is 1. The first-order valence-corrected chi connectivity index (χ1v) is 5.60. The van der Waals surface area contributed by atoms with Gasteiger partial charge in [0.05, 0.1) is 29.1 Å². The predicted octanol–water partition coefficient (Wildman–Crippen LogP) is 1.90. The Bertz CT molecular complexity index is 720. The second kappa shape index (κ2) is 5.63. The molecular formula is C14H9N3O3. The van der Waals surface area contributed by atoms with Gasteiger partial charge >= 0.3 is 5.97 Å². The lowest BCUT2D eigenvalue weighted by molar-refractivity contribution is 0.0698. The number of hydrogen-bond acceptors (Lipinski definition) is 4. The number of carbonyl (C=O) groups is 2. The van der Waals surface area contributed by atoms with Crippen LogP contribution >= 0.6 is 0 Å². The van der Waals surface area contributed by atoms with Crippen LogP contribution < -0.4 is 5.32 Å². The average molecular weight is 267 g/mol. The number of nitriles is 1. The number of anilines is 1. The van der Waals surface area contributed by atoms with E-state index in [9.17, 15) is 9.59 Å². The highest BCUT2D eigenvalue weighted by atomic mass is 16.4. The van der Waals surface area contributed by atoms with Gasteiger partial charge in [-0.25, -0.2) is 4.79 Å². The second-order valence-corrected chi connectivity index (χ2v) is 3.87. The summed E-state index contributed by atoms with van der Waals surface area (Å²) in [4.78, 5) is 26.8. The topological polar surface area (TPSA) is 103 Å². The minimum Gasteiger partial charge on any atom is -0.478 e. The molecule has 2 aromatic rings. The molecule has 6 nitrogen and oxygen atoms in total. The third-order valence-electron chi connectivity index (χ3n) is 2.55. The van der Waals surface area contributed by atoms with Gasteiger partial charge in [-0.15, -0.1) is 0 Å². The maximum absolute atomic E-state index is 12.0. The molecule has 0 aliphatic carbocycles. The number of nitrogens with one attached hydrogen (secondary N) is 1. The van der Waals surface area contributed by atoms with Gasteiger partial charge in [0.2, 0.25) is 0 Å². The number of hydrogen-bond donors (Lipinski definition) is 2. The summed E-state index contributed by atoms with van der Waals surface area (Å²) in [5, 5.41) is 20.3. The molecule has 1 heterocycles. The van der Waals surface area contributed by atoms with Crippen molar-refractivity contribution >= 4 is 17.6 Å². The van der Waals surface area contributed by atoms with Crippen LogP contribution in [0, 0.1) is 11.3 Å². The molecule has 6 heteroatoms. The minimum atomic E-state index is -1.16. The van der Waals surface area contributed by atoms with E-state index < -0.39 is 11.9 Å². The summed E-state index contributed by atoms with van der Waals surface area (Å²) < 4.78 is 0. The molecule has 0 aliphatic heterocycles. The van der Waals surface area contributed by atoms with E-state index in [4.69, 9.17) is 10.4 Å². The number of carbonyl (C=O) groups excluding carboxylic acids is 1. The van der Waals surface area contributed by atoms with E-state index in [1.807, 2.05) is 6.07 Å². The van der Waals surface area contributed by atoms with Gasteiger partial charge < -0.3 is 10.4 Å². The molecule has 0 spiro atoms. The molecular weight excluding hydrogens is 258 g/mol. The fourth-order valence-electron chi connectivity index (χ4n) is 1.61. The van der Waals surface area contributed by atoms with Crippen LogP contribution in [0.5, 0.6) is 0 Å². The smallest absolute Gasteiger partial charge is 0.337 e. The van der Waals surface area contributed by atoms with Crippen molar-refractivity contribution in [1.29, 1.82) is 5.26 Å². The molecule has 0 aliphatic rings. The lowest BCUT2D eigenvalue weighted by Gasteiger charge is -2.07. The van der Waals surface area contributed by atoms with E-state index in [-0.39, 0.29) is 16.8 Å². The maximum Gasteiger partial charge on any atom is 0.337 e. The van der Waals surface area contributed by atoms with Crippen LogP contribution in [0.25, 0.3) is 0 Å². The highest BCUT2D eigenvalue weighted by molar-refractivity contribution is 6.07. The van der Waals surface area contributed by atoms with Gasteiger partial charge in [-0.05, 0) is 24.3 Å². The molecule has 0 bridgehead atoms. The number of carboxylic acid groups (broad SMARTS) is 1. The van der Waals surface area contributed by atoms with Crippen molar-refractivity contribution in [2.45, 2.75) is 0 Å². The molecule has 1 amide bonds. The Kier molecular flexibility index (Phi) is 3.72. The monoisotopic (exact) mass is 267 g/mol. The zero-order valence-electron chi connectivity index (χ0n) is 10.2. The van der Waals surface area contributed by atoms with Crippen molar-refractivity contribution in [3.63, 3.8) is 0 Å². The lowest BCUT2D eigenvalue weighted by atomic mass is 10.1. The van der Waals surface area contributed by atoms with Gasteiger partial charge in [-0.1, -0.05) is 6.07 Å². The summed E-state index contributed by atoms with van der Waals surface area (Å²) in [6, 6.07) is 9.33. The molecule has 0 saturated carbocycles. The fraction of sp³-hybridized carbons (Fsp3) is 0.